The molecule has 0 bridgehead atoms. The summed E-state index contributed by atoms with van der Waals surface area (Å²) in [6.07, 6.45) is -0.148. The first-order valence-electron chi connectivity index (χ1n) is 9.84. The Bertz CT molecular complexity index is 881. The molecule has 1 aliphatic heterocycles. The molecule has 176 valence electrons. The highest BCUT2D eigenvalue weighted by Crippen LogP contribution is 2.20. The first-order valence-corrected chi connectivity index (χ1v) is 9.84. The molecular weight excluding hydrogens is 455 g/mol. The van der Waals surface area contributed by atoms with Gasteiger partial charge in [0.15, 0.2) is 0 Å². The Morgan fingerprint density at radius 2 is 1.75 bits per heavy atom. The maximum atomic E-state index is 12.4. The van der Waals surface area contributed by atoms with Crippen LogP contribution >= 0.6 is 24.8 Å². The summed E-state index contributed by atoms with van der Waals surface area (Å²) in [6, 6.07) is 13.5. The lowest BCUT2D eigenvalue weighted by atomic mass is 10.0. The maximum Gasteiger partial charge on any atom is 0.337 e. The Balaban J connectivity index is 0.00000256. The zero-order valence-corrected chi connectivity index (χ0v) is 19.7. The lowest BCUT2D eigenvalue weighted by molar-refractivity contribution is -0.117. The van der Waals surface area contributed by atoms with Crippen molar-refractivity contribution >= 4 is 48.1 Å². The Labute approximate surface area is 200 Å². The van der Waals surface area contributed by atoms with Gasteiger partial charge in [-0.25, -0.2) is 4.79 Å². The number of esters is 1. The number of amides is 1. The lowest BCUT2D eigenvalue weighted by Gasteiger charge is -2.38. The molecule has 1 amide bonds. The van der Waals surface area contributed by atoms with Crippen LogP contribution in [0.5, 0.6) is 0 Å². The number of hydrogen-bond donors (Lipinski definition) is 3. The van der Waals surface area contributed by atoms with Crippen molar-refractivity contribution in [2.45, 2.75) is 18.7 Å². The first-order chi connectivity index (χ1) is 14.4. The minimum Gasteiger partial charge on any atom is -0.465 e. The number of nitrogens with zero attached hydrogens (tertiary/aromatic N) is 2. The van der Waals surface area contributed by atoms with Crippen LogP contribution in [0.15, 0.2) is 48.5 Å². The van der Waals surface area contributed by atoms with E-state index in [4.69, 9.17) is 5.73 Å². The summed E-state index contributed by atoms with van der Waals surface area (Å²) >= 11 is 0. The molecule has 3 rings (SSSR count). The zero-order chi connectivity index (χ0) is 21.7. The largest absolute Gasteiger partial charge is 0.465 e. The number of aliphatic hydroxyl groups is 1. The quantitative estimate of drug-likeness (QED) is 0.537. The number of carbonyl (C=O) groups excluding carboxylic acids is 2. The van der Waals surface area contributed by atoms with Gasteiger partial charge < -0.3 is 30.7 Å². The number of likely N-dealkylation sites (N-methyl/N-ethyl adjacent to an activating group) is 1. The number of hydrogen-bond acceptors (Lipinski definition) is 7. The van der Waals surface area contributed by atoms with Gasteiger partial charge in [-0.15, -0.1) is 24.8 Å². The lowest BCUT2D eigenvalue weighted by Crippen LogP contribution is -2.51. The number of β-amino-alcohol motifs (C(OH)–C–C–N with tert-alkyl or cyclic N) is 1. The number of anilines is 2. The molecule has 0 aliphatic carbocycles. The summed E-state index contributed by atoms with van der Waals surface area (Å²) in [5.41, 5.74) is 8.92. The number of carbonyl (C=O) groups is 2. The second-order valence-electron chi connectivity index (χ2n) is 7.47. The average Bonchev–Trinajstić information content (AvgIpc) is 2.74. The van der Waals surface area contributed by atoms with Gasteiger partial charge >= 0.3 is 5.97 Å². The van der Waals surface area contributed by atoms with Crippen LogP contribution in [0.1, 0.15) is 15.9 Å². The topological polar surface area (TPSA) is 108 Å². The van der Waals surface area contributed by atoms with Crippen LogP contribution in [0.4, 0.5) is 11.4 Å². The monoisotopic (exact) mass is 484 g/mol. The molecule has 0 spiro atoms. The minimum atomic E-state index is -0.717. The fourth-order valence-electron chi connectivity index (χ4n) is 3.41. The molecule has 4 N–H and O–H groups in total. The molecule has 8 nitrogen and oxygen atoms in total. The van der Waals surface area contributed by atoms with Gasteiger partial charge in [0.25, 0.3) is 0 Å². The normalized spacial score (nSPS) is 16.9. The summed E-state index contributed by atoms with van der Waals surface area (Å²) in [4.78, 5) is 27.9. The average molecular weight is 485 g/mol. The van der Waals surface area contributed by atoms with E-state index in [-0.39, 0.29) is 30.7 Å². The second kappa shape index (κ2) is 12.6. The SMILES string of the molecule is COC(=O)c1ccc(NC(=O)[C@@H](N)Cc2ccc(N3CCN(C)C[C@@H]3O)cc2)cc1.Cl.Cl. The smallest absolute Gasteiger partial charge is 0.337 e. The molecular formula is C22H30Cl2N4O4. The van der Waals surface area contributed by atoms with Crippen LogP contribution in [0.25, 0.3) is 0 Å². The molecule has 10 heteroatoms. The van der Waals surface area contributed by atoms with Gasteiger partial charge in [-0.3, -0.25) is 4.79 Å². The predicted octanol–water partition coefficient (Wildman–Crippen LogP) is 1.90. The Morgan fingerprint density at radius 1 is 1.12 bits per heavy atom. The van der Waals surface area contributed by atoms with Gasteiger partial charge in [-0.1, -0.05) is 12.1 Å². The molecule has 1 saturated heterocycles. The number of piperazine rings is 1. The highest BCUT2D eigenvalue weighted by molar-refractivity contribution is 5.95. The molecule has 2 aromatic rings. The van der Waals surface area contributed by atoms with Gasteiger partial charge in [0.1, 0.15) is 6.23 Å². The molecule has 1 heterocycles. The van der Waals surface area contributed by atoms with E-state index in [9.17, 15) is 14.7 Å². The highest BCUT2D eigenvalue weighted by Gasteiger charge is 2.23. The second-order valence-corrected chi connectivity index (χ2v) is 7.47. The fraction of sp³-hybridized carbons (Fsp3) is 0.364. The van der Waals surface area contributed by atoms with E-state index in [1.54, 1.807) is 24.3 Å². The number of aliphatic hydroxyl groups excluding tert-OH is 1. The third kappa shape index (κ3) is 7.08. The third-order valence-corrected chi connectivity index (χ3v) is 5.19. The first kappa shape index (κ1) is 27.7. The van der Waals surface area contributed by atoms with Crippen LogP contribution in [0.3, 0.4) is 0 Å². The van der Waals surface area contributed by atoms with Crippen molar-refractivity contribution in [1.29, 1.82) is 0 Å². The molecule has 2 aromatic carbocycles. The Kier molecular flexibility index (Phi) is 10.9. The third-order valence-electron chi connectivity index (χ3n) is 5.19. The Morgan fingerprint density at radius 3 is 2.31 bits per heavy atom. The molecule has 0 unspecified atom stereocenters. The molecule has 1 aliphatic rings. The minimum absolute atomic E-state index is 0. The van der Waals surface area contributed by atoms with Crippen molar-refractivity contribution < 1.29 is 19.4 Å². The molecule has 2 atom stereocenters. The summed E-state index contributed by atoms with van der Waals surface area (Å²) in [5.74, 6) is -0.739. The van der Waals surface area contributed by atoms with Gasteiger partial charge in [-0.2, -0.15) is 0 Å². The number of methoxy groups -OCH3 is 1. The maximum absolute atomic E-state index is 12.4. The van der Waals surface area contributed by atoms with Crippen molar-refractivity contribution in [3.63, 3.8) is 0 Å². The molecule has 32 heavy (non-hydrogen) atoms. The number of nitrogens with two attached hydrogens (primary N) is 1. The van der Waals surface area contributed by atoms with E-state index in [0.717, 1.165) is 24.3 Å². The predicted molar refractivity (Wildman–Crippen MR) is 130 cm³/mol. The summed E-state index contributed by atoms with van der Waals surface area (Å²) in [7, 11) is 3.31. The van der Waals surface area contributed by atoms with Crippen molar-refractivity contribution in [1.82, 2.24) is 4.90 Å². The van der Waals surface area contributed by atoms with E-state index in [2.05, 4.69) is 15.0 Å². The summed E-state index contributed by atoms with van der Waals surface area (Å²) in [6.45, 7) is 2.26. The fourth-order valence-corrected chi connectivity index (χ4v) is 3.41. The van der Waals surface area contributed by atoms with Crippen molar-refractivity contribution in [3.05, 3.63) is 59.7 Å². The number of nitrogens with one attached hydrogen (secondary N) is 1. The van der Waals surface area contributed by atoms with Crippen LogP contribution in [0, 0.1) is 0 Å². The summed E-state index contributed by atoms with van der Waals surface area (Å²) in [5, 5.41) is 13.0. The van der Waals surface area contributed by atoms with Gasteiger partial charge in [0.05, 0.1) is 18.7 Å². The molecule has 0 radical (unpaired) electrons. The molecule has 0 saturated carbocycles. The van der Waals surface area contributed by atoms with E-state index in [0.29, 0.717) is 24.2 Å². The van der Waals surface area contributed by atoms with E-state index in [1.165, 1.54) is 7.11 Å². The van der Waals surface area contributed by atoms with Crippen molar-refractivity contribution in [2.75, 3.05) is 44.0 Å². The van der Waals surface area contributed by atoms with Crippen LogP contribution in [0.2, 0.25) is 0 Å². The van der Waals surface area contributed by atoms with Gasteiger partial charge in [-0.05, 0) is 55.4 Å². The standard InChI is InChI=1S/C22H28N4O4.2ClH/c1-25-11-12-26(20(27)14-25)18-9-3-15(4-10-18)13-19(23)21(28)24-17-7-5-16(6-8-17)22(29)30-2;;/h3-10,19-20,27H,11-14,23H2,1-2H3,(H,24,28);2*1H/t19-,20-;;/m0../s1. The van der Waals surface area contributed by atoms with E-state index >= 15 is 0 Å². The number of halogens is 2. The van der Waals surface area contributed by atoms with E-state index in [1.807, 2.05) is 36.2 Å². The van der Waals surface area contributed by atoms with Gasteiger partial charge in [0, 0.05) is 31.0 Å². The van der Waals surface area contributed by atoms with Crippen molar-refractivity contribution in [3.8, 4) is 0 Å². The zero-order valence-electron chi connectivity index (χ0n) is 18.1. The number of rotatable bonds is 6. The Hall–Kier alpha value is -2.36. The van der Waals surface area contributed by atoms with Crippen LogP contribution in [-0.2, 0) is 16.0 Å². The van der Waals surface area contributed by atoms with Crippen molar-refractivity contribution in [2.24, 2.45) is 5.73 Å². The summed E-state index contributed by atoms with van der Waals surface area (Å²) < 4.78 is 4.65. The number of ether oxygens (including phenoxy) is 1. The van der Waals surface area contributed by atoms with E-state index < -0.39 is 18.2 Å². The molecule has 1 fully saturated rings. The highest BCUT2D eigenvalue weighted by atomic mass is 35.5. The van der Waals surface area contributed by atoms with Crippen LogP contribution in [-0.4, -0.2) is 67.9 Å². The number of benzene rings is 2. The van der Waals surface area contributed by atoms with Gasteiger partial charge in [0.2, 0.25) is 5.91 Å². The van der Waals surface area contributed by atoms with Crippen LogP contribution < -0.4 is 16.0 Å². The molecule has 0 aromatic heterocycles.